The zero-order valence-corrected chi connectivity index (χ0v) is 15.2. The number of hydrogen-bond acceptors (Lipinski definition) is 8. The van der Waals surface area contributed by atoms with Gasteiger partial charge in [-0.25, -0.2) is 14.2 Å². The largest absolute Gasteiger partial charge is 0.475 e. The molecule has 0 bridgehead atoms. The summed E-state index contributed by atoms with van der Waals surface area (Å²) in [6.07, 6.45) is 1.27. The summed E-state index contributed by atoms with van der Waals surface area (Å²) in [5, 5.41) is 0. The third kappa shape index (κ3) is 10.3. The van der Waals surface area contributed by atoms with E-state index in [1.54, 1.807) is 13.8 Å². The van der Waals surface area contributed by atoms with Crippen molar-refractivity contribution in [3.8, 4) is 0 Å². The van der Waals surface area contributed by atoms with E-state index in [2.05, 4.69) is 13.2 Å². The lowest BCUT2D eigenvalue weighted by molar-refractivity contribution is -0.143. The third-order valence-electron chi connectivity index (χ3n) is 2.36. The average molecular weight is 364 g/mol. The van der Waals surface area contributed by atoms with Crippen LogP contribution in [0.2, 0.25) is 0 Å². The van der Waals surface area contributed by atoms with Gasteiger partial charge in [-0.15, -0.1) is 0 Å². The molecule has 138 valence electrons. The Morgan fingerprint density at radius 3 is 1.71 bits per heavy atom. The Bertz CT molecular complexity index is 440. The Morgan fingerprint density at radius 1 is 0.958 bits per heavy atom. The van der Waals surface area contributed by atoms with Crippen molar-refractivity contribution >= 4 is 19.8 Å². The van der Waals surface area contributed by atoms with Crippen LogP contribution < -0.4 is 0 Å². The second kappa shape index (κ2) is 12.0. The van der Waals surface area contributed by atoms with Crippen molar-refractivity contribution < 1.29 is 37.2 Å². The summed E-state index contributed by atoms with van der Waals surface area (Å²) in [7, 11) is -3.88. The highest BCUT2D eigenvalue weighted by Gasteiger charge is 2.29. The summed E-state index contributed by atoms with van der Waals surface area (Å²) >= 11 is 0. The normalized spacial score (nSPS) is 15.6. The molecule has 0 heterocycles. The Morgan fingerprint density at radius 2 is 1.38 bits per heavy atom. The molecule has 0 aliphatic heterocycles. The first-order valence-corrected chi connectivity index (χ1v) is 8.92. The van der Waals surface area contributed by atoms with Crippen LogP contribution in [-0.2, 0) is 37.2 Å². The second-order valence-electron chi connectivity index (χ2n) is 4.78. The molecule has 0 saturated carbocycles. The highest BCUT2D eigenvalue weighted by molar-refractivity contribution is 7.48. The van der Waals surface area contributed by atoms with E-state index in [1.165, 1.54) is 0 Å². The van der Waals surface area contributed by atoms with Gasteiger partial charge in [0.05, 0.1) is 19.8 Å². The quantitative estimate of drug-likeness (QED) is 0.280. The van der Waals surface area contributed by atoms with Gasteiger partial charge < -0.3 is 9.47 Å². The highest BCUT2D eigenvalue weighted by Crippen LogP contribution is 2.49. The molecule has 9 heteroatoms. The zero-order chi connectivity index (χ0) is 18.6. The summed E-state index contributed by atoms with van der Waals surface area (Å²) in [6.45, 7) is 11.3. The van der Waals surface area contributed by atoms with E-state index in [0.717, 1.165) is 12.2 Å². The molecule has 0 aromatic carbocycles. The second-order valence-corrected chi connectivity index (χ2v) is 6.44. The van der Waals surface area contributed by atoms with Crippen LogP contribution in [0.3, 0.4) is 0 Å². The van der Waals surface area contributed by atoms with Crippen molar-refractivity contribution in [2.24, 2.45) is 0 Å². The molecule has 2 atom stereocenters. The number of esters is 2. The van der Waals surface area contributed by atoms with E-state index >= 15 is 0 Å². The van der Waals surface area contributed by atoms with Gasteiger partial charge in [0.2, 0.25) is 0 Å². The smallest absolute Gasteiger partial charge is 0.457 e. The Hall–Kier alpha value is -1.47. The number of phosphoric acid groups is 1. The van der Waals surface area contributed by atoms with E-state index < -0.39 is 32.0 Å². The lowest BCUT2D eigenvalue weighted by Gasteiger charge is -2.21. The Kier molecular flexibility index (Phi) is 11.2. The van der Waals surface area contributed by atoms with Gasteiger partial charge in [0.25, 0.3) is 0 Å². The lowest BCUT2D eigenvalue weighted by Crippen LogP contribution is -2.21. The van der Waals surface area contributed by atoms with Crippen LogP contribution in [-0.4, -0.2) is 44.0 Å². The predicted molar refractivity (Wildman–Crippen MR) is 87.3 cm³/mol. The first kappa shape index (κ1) is 22.5. The van der Waals surface area contributed by atoms with Crippen molar-refractivity contribution in [3.05, 3.63) is 25.3 Å². The van der Waals surface area contributed by atoms with Gasteiger partial charge in [0, 0.05) is 12.2 Å². The van der Waals surface area contributed by atoms with E-state index in [0.29, 0.717) is 6.42 Å². The Labute approximate surface area is 142 Å². The van der Waals surface area contributed by atoms with Crippen molar-refractivity contribution in [2.45, 2.75) is 39.4 Å². The molecule has 0 aromatic heterocycles. The predicted octanol–water partition coefficient (Wildman–Crippen LogP) is 2.79. The van der Waals surface area contributed by atoms with Crippen LogP contribution in [0.15, 0.2) is 25.3 Å². The van der Waals surface area contributed by atoms with Gasteiger partial charge in [-0.1, -0.05) is 20.1 Å². The summed E-state index contributed by atoms with van der Waals surface area (Å²) < 4.78 is 37.7. The zero-order valence-electron chi connectivity index (χ0n) is 14.3. The summed E-state index contributed by atoms with van der Waals surface area (Å²) in [5.74, 6) is -1.25. The number of carbonyl (C=O) groups excluding carboxylic acids is 2. The molecule has 0 aliphatic carbocycles. The molecule has 0 saturated heterocycles. The van der Waals surface area contributed by atoms with Crippen LogP contribution in [0, 0.1) is 0 Å². The monoisotopic (exact) mass is 364 g/mol. The third-order valence-corrected chi connectivity index (χ3v) is 3.79. The molecule has 8 nitrogen and oxygen atoms in total. The van der Waals surface area contributed by atoms with Crippen molar-refractivity contribution in [3.63, 3.8) is 0 Å². The average Bonchev–Trinajstić information content (AvgIpc) is 2.56. The molecule has 0 aromatic rings. The lowest BCUT2D eigenvalue weighted by atomic mass is 10.4. The summed E-state index contributed by atoms with van der Waals surface area (Å²) in [5.41, 5.74) is 0. The molecular formula is C15H25O8P. The SMILES string of the molecule is C=CC(=O)OC(C)COP(=O)(OCCC)OCC(C)OC(=O)C=C. The fraction of sp³-hybridized carbons (Fsp3) is 0.600. The number of rotatable bonds is 13. The van der Waals surface area contributed by atoms with E-state index in [4.69, 9.17) is 23.0 Å². The number of carbonyl (C=O) groups is 2. The molecule has 0 N–H and O–H groups in total. The number of phosphoric ester groups is 1. The van der Waals surface area contributed by atoms with Crippen LogP contribution in [0.4, 0.5) is 0 Å². The van der Waals surface area contributed by atoms with E-state index in [9.17, 15) is 14.2 Å². The molecule has 0 fully saturated rings. The van der Waals surface area contributed by atoms with Gasteiger partial charge in [-0.3, -0.25) is 13.6 Å². The number of ether oxygens (including phenoxy) is 2. The molecule has 0 spiro atoms. The van der Waals surface area contributed by atoms with E-state index in [-0.39, 0.29) is 19.8 Å². The molecule has 24 heavy (non-hydrogen) atoms. The number of hydrogen-bond donors (Lipinski definition) is 0. The van der Waals surface area contributed by atoms with Crippen molar-refractivity contribution in [1.82, 2.24) is 0 Å². The highest BCUT2D eigenvalue weighted by atomic mass is 31.2. The van der Waals surface area contributed by atoms with Crippen LogP contribution in [0.25, 0.3) is 0 Å². The molecule has 2 unspecified atom stereocenters. The molecular weight excluding hydrogens is 339 g/mol. The molecule has 0 aliphatic rings. The Balaban J connectivity index is 4.56. The van der Waals surface area contributed by atoms with Gasteiger partial charge in [-0.05, 0) is 20.3 Å². The standard InChI is InChI=1S/C15H25O8P/c1-6-9-19-24(18,20-10-12(4)22-14(16)7-2)21-11-13(5)23-15(17)8-3/h7-8,12-13H,2-3,6,9-11H2,1,4-5H3. The molecule has 0 amide bonds. The van der Waals surface area contributed by atoms with Crippen LogP contribution >= 0.6 is 7.82 Å². The first-order chi connectivity index (χ1) is 11.3. The maximum Gasteiger partial charge on any atom is 0.475 e. The van der Waals surface area contributed by atoms with Gasteiger partial charge in [0.1, 0.15) is 12.2 Å². The summed E-state index contributed by atoms with van der Waals surface area (Å²) in [6, 6.07) is 0. The summed E-state index contributed by atoms with van der Waals surface area (Å²) in [4.78, 5) is 22.2. The maximum atomic E-state index is 12.5. The first-order valence-electron chi connectivity index (χ1n) is 7.46. The van der Waals surface area contributed by atoms with Crippen LogP contribution in [0.5, 0.6) is 0 Å². The fourth-order valence-electron chi connectivity index (χ4n) is 1.27. The topological polar surface area (TPSA) is 97.4 Å². The van der Waals surface area contributed by atoms with Gasteiger partial charge >= 0.3 is 19.8 Å². The maximum absolute atomic E-state index is 12.5. The van der Waals surface area contributed by atoms with Gasteiger partial charge in [0.15, 0.2) is 0 Å². The van der Waals surface area contributed by atoms with Gasteiger partial charge in [-0.2, -0.15) is 0 Å². The van der Waals surface area contributed by atoms with Crippen LogP contribution in [0.1, 0.15) is 27.2 Å². The molecule has 0 radical (unpaired) electrons. The molecule has 0 rings (SSSR count). The van der Waals surface area contributed by atoms with Crippen molar-refractivity contribution in [1.29, 1.82) is 0 Å². The van der Waals surface area contributed by atoms with Crippen molar-refractivity contribution in [2.75, 3.05) is 19.8 Å². The minimum absolute atomic E-state index is 0.152. The van der Waals surface area contributed by atoms with E-state index in [1.807, 2.05) is 6.92 Å². The minimum atomic E-state index is -3.88. The fourth-order valence-corrected chi connectivity index (χ4v) is 2.68. The minimum Gasteiger partial charge on any atom is -0.457 e.